The maximum atomic E-state index is 3.79. The van der Waals surface area contributed by atoms with Gasteiger partial charge in [0.2, 0.25) is 0 Å². The van der Waals surface area contributed by atoms with Crippen LogP contribution in [-0.4, -0.2) is 4.32 Å². The first kappa shape index (κ1) is 11.4. The summed E-state index contributed by atoms with van der Waals surface area (Å²) in [6, 6.07) is 10.5. The van der Waals surface area contributed by atoms with Crippen LogP contribution in [-0.2, 0) is 0 Å². The zero-order chi connectivity index (χ0) is 11.4. The molecule has 0 heterocycles. The van der Waals surface area contributed by atoms with Crippen molar-refractivity contribution >= 4 is 21.5 Å². The third-order valence-electron chi connectivity index (χ3n) is 2.81. The normalized spacial score (nSPS) is 23.9. The Morgan fingerprint density at radius 2 is 2.06 bits per heavy atom. The monoisotopic (exact) mass is 274 g/mol. The largest absolute Gasteiger partial charge is 0.103 e. The van der Waals surface area contributed by atoms with Crippen molar-refractivity contribution in [3.63, 3.8) is 0 Å². The summed E-state index contributed by atoms with van der Waals surface area (Å²) in [6.45, 7) is 3.79. The Hall–Kier alpha value is -1.08. The average Bonchev–Trinajstić information content (AvgIpc) is 2.31. The predicted molar refractivity (Wildman–Crippen MR) is 74.6 cm³/mol. The van der Waals surface area contributed by atoms with E-state index in [9.17, 15) is 0 Å². The summed E-state index contributed by atoms with van der Waals surface area (Å²) >= 11 is 3.75. The molecule has 1 aromatic rings. The molecule has 1 aromatic carbocycles. The van der Waals surface area contributed by atoms with Gasteiger partial charge >= 0.3 is 0 Å². The summed E-state index contributed by atoms with van der Waals surface area (Å²) < 4.78 is 0.0764. The smallest absolute Gasteiger partial charge is 0.0508 e. The van der Waals surface area contributed by atoms with E-state index in [1.807, 2.05) is 12.1 Å². The van der Waals surface area contributed by atoms with Crippen molar-refractivity contribution < 1.29 is 0 Å². The molecule has 1 heteroatoms. The van der Waals surface area contributed by atoms with Gasteiger partial charge < -0.3 is 0 Å². The zero-order valence-electron chi connectivity index (χ0n) is 9.20. The van der Waals surface area contributed by atoms with Gasteiger partial charge in [-0.05, 0) is 24.0 Å². The van der Waals surface area contributed by atoms with Gasteiger partial charge in [-0.2, -0.15) is 0 Å². The van der Waals surface area contributed by atoms with Crippen molar-refractivity contribution in [3.8, 4) is 0 Å². The van der Waals surface area contributed by atoms with Gasteiger partial charge in [0, 0.05) is 0 Å². The molecule has 0 radical (unpaired) electrons. The topological polar surface area (TPSA) is 0 Å². The lowest BCUT2D eigenvalue weighted by Crippen LogP contribution is -2.17. The molecule has 1 aliphatic rings. The Morgan fingerprint density at radius 3 is 2.62 bits per heavy atom. The Bertz CT molecular complexity index is 428. The fraction of sp³-hybridized carbons (Fsp3) is 0.200. The minimum Gasteiger partial charge on any atom is -0.103 e. The van der Waals surface area contributed by atoms with E-state index < -0.39 is 0 Å². The third-order valence-corrected chi connectivity index (χ3v) is 3.73. The number of hydrogen-bond donors (Lipinski definition) is 0. The Balaban J connectivity index is 2.17. The highest BCUT2D eigenvalue weighted by atomic mass is 79.9. The summed E-state index contributed by atoms with van der Waals surface area (Å²) in [6.07, 6.45) is 10.6. The van der Waals surface area contributed by atoms with Crippen molar-refractivity contribution in [2.45, 2.75) is 17.2 Å². The molecule has 82 valence electrons. The number of hydrogen-bond acceptors (Lipinski definition) is 0. The van der Waals surface area contributed by atoms with Crippen LogP contribution in [0.25, 0.3) is 5.57 Å². The van der Waals surface area contributed by atoms with Gasteiger partial charge in [0.05, 0.1) is 4.32 Å². The number of benzene rings is 1. The van der Waals surface area contributed by atoms with Crippen molar-refractivity contribution in [2.24, 2.45) is 0 Å². The van der Waals surface area contributed by atoms with Gasteiger partial charge in [-0.3, -0.25) is 0 Å². The molecule has 2 rings (SSSR count). The molecule has 0 amide bonds. The lowest BCUT2D eigenvalue weighted by atomic mass is 9.91. The van der Waals surface area contributed by atoms with Crippen molar-refractivity contribution in [1.29, 1.82) is 0 Å². The summed E-state index contributed by atoms with van der Waals surface area (Å²) in [4.78, 5) is 0. The van der Waals surface area contributed by atoms with Crippen LogP contribution in [0.1, 0.15) is 18.4 Å². The molecule has 0 aliphatic heterocycles. The zero-order valence-corrected chi connectivity index (χ0v) is 10.8. The second kappa shape index (κ2) is 4.84. The van der Waals surface area contributed by atoms with E-state index in [1.54, 1.807) is 0 Å². The van der Waals surface area contributed by atoms with E-state index in [1.165, 1.54) is 11.1 Å². The van der Waals surface area contributed by atoms with Gasteiger partial charge in [0.15, 0.2) is 0 Å². The van der Waals surface area contributed by atoms with Crippen molar-refractivity contribution in [1.82, 2.24) is 0 Å². The Morgan fingerprint density at radius 1 is 1.31 bits per heavy atom. The van der Waals surface area contributed by atoms with Crippen LogP contribution in [0.4, 0.5) is 0 Å². The number of halogens is 1. The first-order chi connectivity index (χ1) is 7.73. The molecule has 0 nitrogen and oxygen atoms in total. The molecule has 0 fully saturated rings. The molecule has 16 heavy (non-hydrogen) atoms. The summed E-state index contributed by atoms with van der Waals surface area (Å²) in [5.41, 5.74) is 2.59. The van der Waals surface area contributed by atoms with E-state index in [2.05, 4.69) is 65.0 Å². The van der Waals surface area contributed by atoms with Crippen LogP contribution in [0.5, 0.6) is 0 Å². The lowest BCUT2D eigenvalue weighted by Gasteiger charge is -2.24. The maximum absolute atomic E-state index is 3.79. The van der Waals surface area contributed by atoms with E-state index in [4.69, 9.17) is 0 Å². The van der Waals surface area contributed by atoms with Gasteiger partial charge in [-0.1, -0.05) is 70.6 Å². The molecule has 0 bridgehead atoms. The summed E-state index contributed by atoms with van der Waals surface area (Å²) in [7, 11) is 0. The Labute approximate surface area is 106 Å². The fourth-order valence-electron chi connectivity index (χ4n) is 1.89. The second-order valence-electron chi connectivity index (χ2n) is 4.09. The molecular formula is C15H15Br. The maximum Gasteiger partial charge on any atom is 0.0508 e. The Kier molecular flexibility index (Phi) is 3.45. The standard InChI is InChI=1S/C15H15Br/c1-2-10-15(16)11-8-14(9-12-15)13-6-4-3-5-7-13/h2-9,11H,1,10,12H2. The van der Waals surface area contributed by atoms with Crippen LogP contribution in [0.15, 0.2) is 61.2 Å². The van der Waals surface area contributed by atoms with Gasteiger partial charge in [-0.25, -0.2) is 0 Å². The number of rotatable bonds is 3. The first-order valence-corrected chi connectivity index (χ1v) is 6.27. The highest BCUT2D eigenvalue weighted by Crippen LogP contribution is 2.35. The predicted octanol–water partition coefficient (Wildman–Crippen LogP) is 4.74. The van der Waals surface area contributed by atoms with Crippen LogP contribution < -0.4 is 0 Å². The summed E-state index contributed by atoms with van der Waals surface area (Å²) in [5.74, 6) is 0. The van der Waals surface area contributed by atoms with Crippen LogP contribution >= 0.6 is 15.9 Å². The number of alkyl halides is 1. The van der Waals surface area contributed by atoms with Crippen molar-refractivity contribution in [3.05, 3.63) is 66.8 Å². The molecule has 1 aliphatic carbocycles. The SMILES string of the molecule is C=CCC1(Br)C=CC(c2ccccc2)=CC1. The molecular weight excluding hydrogens is 260 g/mol. The fourth-order valence-corrected chi connectivity index (χ4v) is 2.41. The quantitative estimate of drug-likeness (QED) is 0.552. The van der Waals surface area contributed by atoms with Crippen LogP contribution in [0.3, 0.4) is 0 Å². The minimum absolute atomic E-state index is 0.0764. The van der Waals surface area contributed by atoms with E-state index in [-0.39, 0.29) is 4.32 Å². The molecule has 0 saturated carbocycles. The van der Waals surface area contributed by atoms with Gasteiger partial charge in [0.25, 0.3) is 0 Å². The minimum atomic E-state index is 0.0764. The molecule has 0 N–H and O–H groups in total. The third kappa shape index (κ3) is 2.53. The molecule has 1 unspecified atom stereocenters. The molecule has 0 spiro atoms. The van der Waals surface area contributed by atoms with E-state index in [0.717, 1.165) is 12.8 Å². The highest BCUT2D eigenvalue weighted by molar-refractivity contribution is 9.10. The lowest BCUT2D eigenvalue weighted by molar-refractivity contribution is 0.746. The van der Waals surface area contributed by atoms with Gasteiger partial charge in [-0.15, -0.1) is 6.58 Å². The number of allylic oxidation sites excluding steroid dienone is 5. The summed E-state index contributed by atoms with van der Waals surface area (Å²) in [5, 5.41) is 0. The average molecular weight is 275 g/mol. The van der Waals surface area contributed by atoms with Crippen molar-refractivity contribution in [2.75, 3.05) is 0 Å². The highest BCUT2D eigenvalue weighted by Gasteiger charge is 2.23. The van der Waals surface area contributed by atoms with E-state index >= 15 is 0 Å². The second-order valence-corrected chi connectivity index (χ2v) is 5.67. The van der Waals surface area contributed by atoms with Crippen LogP contribution in [0.2, 0.25) is 0 Å². The van der Waals surface area contributed by atoms with Gasteiger partial charge in [0.1, 0.15) is 0 Å². The van der Waals surface area contributed by atoms with Crippen LogP contribution in [0, 0.1) is 0 Å². The first-order valence-electron chi connectivity index (χ1n) is 5.48. The molecule has 0 saturated heterocycles. The molecule has 0 aromatic heterocycles. The molecule has 1 atom stereocenters. The van der Waals surface area contributed by atoms with E-state index in [0.29, 0.717) is 0 Å².